The van der Waals surface area contributed by atoms with Gasteiger partial charge in [-0.15, -0.1) is 0 Å². The molecule has 0 saturated heterocycles. The first kappa shape index (κ1) is 13.3. The quantitative estimate of drug-likeness (QED) is 0.914. The standard InChI is InChI=1S/C13H13BrClN3/c1-3-16-13-11(14)7-17-12(18-13)10-5-4-9(15)6-8(10)2/h4-7H,3H2,1-2H3,(H,16,17,18). The van der Waals surface area contributed by atoms with Gasteiger partial charge in [0, 0.05) is 23.3 Å². The predicted molar refractivity (Wildman–Crippen MR) is 79.1 cm³/mol. The summed E-state index contributed by atoms with van der Waals surface area (Å²) >= 11 is 9.38. The van der Waals surface area contributed by atoms with Crippen molar-refractivity contribution >= 4 is 33.3 Å². The van der Waals surface area contributed by atoms with Crippen LogP contribution in [-0.2, 0) is 0 Å². The second-order valence-electron chi connectivity index (χ2n) is 3.88. The van der Waals surface area contributed by atoms with Crippen LogP contribution in [0.2, 0.25) is 5.02 Å². The Bertz CT molecular complexity index is 572. The van der Waals surface area contributed by atoms with Gasteiger partial charge >= 0.3 is 0 Å². The molecule has 0 atom stereocenters. The van der Waals surface area contributed by atoms with Crippen molar-refractivity contribution in [3.63, 3.8) is 0 Å². The van der Waals surface area contributed by atoms with Crippen LogP contribution in [0.15, 0.2) is 28.9 Å². The minimum Gasteiger partial charge on any atom is -0.369 e. The van der Waals surface area contributed by atoms with Crippen LogP contribution in [-0.4, -0.2) is 16.5 Å². The fraction of sp³-hybridized carbons (Fsp3) is 0.231. The van der Waals surface area contributed by atoms with E-state index in [4.69, 9.17) is 11.6 Å². The molecule has 2 aromatic rings. The zero-order chi connectivity index (χ0) is 13.1. The van der Waals surface area contributed by atoms with Crippen LogP contribution in [0.4, 0.5) is 5.82 Å². The smallest absolute Gasteiger partial charge is 0.161 e. The molecule has 0 radical (unpaired) electrons. The molecular formula is C13H13BrClN3. The SMILES string of the molecule is CCNc1nc(-c2ccc(Cl)cc2C)ncc1Br. The first-order valence-corrected chi connectivity index (χ1v) is 6.82. The maximum Gasteiger partial charge on any atom is 0.161 e. The van der Waals surface area contributed by atoms with E-state index in [0.29, 0.717) is 5.82 Å². The molecule has 0 spiro atoms. The van der Waals surface area contributed by atoms with E-state index in [2.05, 4.69) is 31.2 Å². The molecule has 1 aromatic heterocycles. The fourth-order valence-corrected chi connectivity index (χ4v) is 2.22. The summed E-state index contributed by atoms with van der Waals surface area (Å²) in [6, 6.07) is 5.70. The van der Waals surface area contributed by atoms with E-state index >= 15 is 0 Å². The zero-order valence-electron chi connectivity index (χ0n) is 10.2. The van der Waals surface area contributed by atoms with Crippen LogP contribution in [0.25, 0.3) is 11.4 Å². The molecule has 0 saturated carbocycles. The predicted octanol–water partition coefficient (Wildman–Crippen LogP) is 4.30. The van der Waals surface area contributed by atoms with Gasteiger partial charge in [-0.25, -0.2) is 9.97 Å². The number of halogens is 2. The van der Waals surface area contributed by atoms with Crippen molar-refractivity contribution in [2.75, 3.05) is 11.9 Å². The van der Waals surface area contributed by atoms with Gasteiger partial charge in [-0.1, -0.05) is 11.6 Å². The molecule has 94 valence electrons. The van der Waals surface area contributed by atoms with E-state index in [1.165, 1.54) is 0 Å². The lowest BCUT2D eigenvalue weighted by atomic mass is 10.1. The molecule has 0 amide bonds. The summed E-state index contributed by atoms with van der Waals surface area (Å²) in [5.41, 5.74) is 2.05. The van der Waals surface area contributed by atoms with Crippen LogP contribution in [0.5, 0.6) is 0 Å². The third-order valence-electron chi connectivity index (χ3n) is 2.52. The summed E-state index contributed by atoms with van der Waals surface area (Å²) in [6.45, 7) is 4.84. The van der Waals surface area contributed by atoms with Gasteiger partial charge in [0.25, 0.3) is 0 Å². The average Bonchev–Trinajstić information content (AvgIpc) is 2.33. The number of aryl methyl sites for hydroxylation is 1. The number of anilines is 1. The Balaban J connectivity index is 2.47. The van der Waals surface area contributed by atoms with Gasteiger partial charge < -0.3 is 5.32 Å². The van der Waals surface area contributed by atoms with Crippen molar-refractivity contribution in [1.82, 2.24) is 9.97 Å². The topological polar surface area (TPSA) is 37.8 Å². The molecule has 18 heavy (non-hydrogen) atoms. The largest absolute Gasteiger partial charge is 0.369 e. The molecule has 2 rings (SSSR count). The second-order valence-corrected chi connectivity index (χ2v) is 5.17. The molecule has 3 nitrogen and oxygen atoms in total. The van der Waals surface area contributed by atoms with E-state index in [0.717, 1.165) is 33.0 Å². The van der Waals surface area contributed by atoms with Crippen molar-refractivity contribution < 1.29 is 0 Å². The van der Waals surface area contributed by atoms with Crippen LogP contribution in [0.3, 0.4) is 0 Å². The third kappa shape index (κ3) is 2.82. The minimum atomic E-state index is 0.698. The number of hydrogen-bond acceptors (Lipinski definition) is 3. The normalized spacial score (nSPS) is 10.4. The summed E-state index contributed by atoms with van der Waals surface area (Å²) < 4.78 is 0.861. The molecule has 0 fully saturated rings. The Labute approximate surface area is 120 Å². The lowest BCUT2D eigenvalue weighted by molar-refractivity contribution is 1.10. The molecule has 0 aliphatic carbocycles. The van der Waals surface area contributed by atoms with Gasteiger partial charge in [0.1, 0.15) is 5.82 Å². The number of nitrogens with one attached hydrogen (secondary N) is 1. The Hall–Kier alpha value is -1.13. The molecule has 0 aliphatic rings. The van der Waals surface area contributed by atoms with Gasteiger partial charge in [0.15, 0.2) is 5.82 Å². The van der Waals surface area contributed by atoms with E-state index in [1.54, 1.807) is 6.20 Å². The summed E-state index contributed by atoms with van der Waals surface area (Å²) in [4.78, 5) is 8.85. The van der Waals surface area contributed by atoms with Crippen LogP contribution in [0.1, 0.15) is 12.5 Å². The molecule has 1 aromatic carbocycles. The summed E-state index contributed by atoms with van der Waals surface area (Å²) in [7, 11) is 0. The average molecular weight is 327 g/mol. The van der Waals surface area contributed by atoms with Gasteiger partial charge in [-0.2, -0.15) is 0 Å². The second kappa shape index (κ2) is 5.67. The first-order chi connectivity index (χ1) is 8.61. The molecule has 0 aliphatic heterocycles. The van der Waals surface area contributed by atoms with Crippen molar-refractivity contribution in [2.24, 2.45) is 0 Å². The number of rotatable bonds is 3. The highest BCUT2D eigenvalue weighted by Crippen LogP contribution is 2.26. The number of hydrogen-bond donors (Lipinski definition) is 1. The Morgan fingerprint density at radius 2 is 2.17 bits per heavy atom. The Kier molecular flexibility index (Phi) is 4.19. The lowest BCUT2D eigenvalue weighted by Gasteiger charge is -2.09. The molecule has 0 bridgehead atoms. The maximum atomic E-state index is 5.95. The fourth-order valence-electron chi connectivity index (χ4n) is 1.67. The van der Waals surface area contributed by atoms with Crippen molar-refractivity contribution in [1.29, 1.82) is 0 Å². The number of aromatic nitrogens is 2. The van der Waals surface area contributed by atoms with Crippen molar-refractivity contribution in [2.45, 2.75) is 13.8 Å². The molecule has 1 N–H and O–H groups in total. The highest BCUT2D eigenvalue weighted by atomic mass is 79.9. The number of benzene rings is 1. The van der Waals surface area contributed by atoms with Crippen LogP contribution < -0.4 is 5.32 Å². The molecule has 1 heterocycles. The third-order valence-corrected chi connectivity index (χ3v) is 3.33. The molecule has 0 unspecified atom stereocenters. The lowest BCUT2D eigenvalue weighted by Crippen LogP contribution is -2.02. The van der Waals surface area contributed by atoms with Crippen molar-refractivity contribution in [3.05, 3.63) is 39.5 Å². The van der Waals surface area contributed by atoms with Gasteiger partial charge in [0.2, 0.25) is 0 Å². The first-order valence-electron chi connectivity index (χ1n) is 5.64. The van der Waals surface area contributed by atoms with E-state index in [1.807, 2.05) is 32.0 Å². The van der Waals surface area contributed by atoms with E-state index in [9.17, 15) is 0 Å². The van der Waals surface area contributed by atoms with E-state index < -0.39 is 0 Å². The molecule has 5 heteroatoms. The van der Waals surface area contributed by atoms with Gasteiger partial charge in [0.05, 0.1) is 4.47 Å². The monoisotopic (exact) mass is 325 g/mol. The van der Waals surface area contributed by atoms with E-state index in [-0.39, 0.29) is 0 Å². The Morgan fingerprint density at radius 3 is 2.83 bits per heavy atom. The Morgan fingerprint density at radius 1 is 1.39 bits per heavy atom. The highest BCUT2D eigenvalue weighted by Gasteiger charge is 2.08. The van der Waals surface area contributed by atoms with Gasteiger partial charge in [-0.3, -0.25) is 0 Å². The van der Waals surface area contributed by atoms with Crippen molar-refractivity contribution in [3.8, 4) is 11.4 Å². The summed E-state index contributed by atoms with van der Waals surface area (Å²) in [5.74, 6) is 1.50. The van der Waals surface area contributed by atoms with Crippen LogP contribution in [0, 0.1) is 6.92 Å². The minimum absolute atomic E-state index is 0.698. The zero-order valence-corrected chi connectivity index (χ0v) is 12.5. The van der Waals surface area contributed by atoms with Crippen LogP contribution >= 0.6 is 27.5 Å². The summed E-state index contributed by atoms with van der Waals surface area (Å²) in [6.07, 6.45) is 1.76. The number of nitrogens with zero attached hydrogens (tertiary/aromatic N) is 2. The molecular weight excluding hydrogens is 314 g/mol. The summed E-state index contributed by atoms with van der Waals surface area (Å²) in [5, 5.41) is 3.92. The maximum absolute atomic E-state index is 5.95. The highest BCUT2D eigenvalue weighted by molar-refractivity contribution is 9.10. The van der Waals surface area contributed by atoms with Gasteiger partial charge in [-0.05, 0) is 53.5 Å².